The van der Waals surface area contributed by atoms with Crippen LogP contribution in [-0.2, 0) is 10.2 Å². The van der Waals surface area contributed by atoms with E-state index in [1.165, 1.54) is 69.3 Å². The summed E-state index contributed by atoms with van der Waals surface area (Å²) in [6.07, 6.45) is 9.20. The Morgan fingerprint density at radius 3 is 2.62 bits per heavy atom. The van der Waals surface area contributed by atoms with Crippen LogP contribution in [0.2, 0.25) is 0 Å². The maximum Gasteiger partial charge on any atom is 0.217 e. The van der Waals surface area contributed by atoms with Gasteiger partial charge < -0.3 is 10.2 Å². The number of carbonyl (C=O) groups excluding carboxylic acids is 1. The number of benzene rings is 1. The molecular formula is C21H32N2O. The van der Waals surface area contributed by atoms with E-state index < -0.39 is 0 Å². The summed E-state index contributed by atoms with van der Waals surface area (Å²) in [4.78, 5) is 14.3. The van der Waals surface area contributed by atoms with Gasteiger partial charge in [-0.2, -0.15) is 0 Å². The number of carbonyl (C=O) groups is 1. The molecule has 132 valence electrons. The normalized spacial score (nSPS) is 26.6. The van der Waals surface area contributed by atoms with Gasteiger partial charge in [0.25, 0.3) is 0 Å². The summed E-state index contributed by atoms with van der Waals surface area (Å²) in [6.45, 7) is 5.45. The van der Waals surface area contributed by atoms with Gasteiger partial charge in [-0.15, -0.1) is 0 Å². The lowest BCUT2D eigenvalue weighted by Crippen LogP contribution is -2.47. The minimum atomic E-state index is 0. The second kappa shape index (κ2) is 6.51. The number of nitrogens with one attached hydrogen (secondary N) is 1. The number of fused-ring (bicyclic) bond motifs is 2. The summed E-state index contributed by atoms with van der Waals surface area (Å²) in [5.74, 6) is 1.06. The van der Waals surface area contributed by atoms with Gasteiger partial charge in [-0.05, 0) is 74.1 Å². The Morgan fingerprint density at radius 1 is 1.21 bits per heavy atom. The largest absolute Gasteiger partial charge is 0.350 e. The summed E-state index contributed by atoms with van der Waals surface area (Å²) in [7, 11) is 0. The summed E-state index contributed by atoms with van der Waals surface area (Å²) in [5.41, 5.74) is 3.23. The average Bonchev–Trinajstić information content (AvgIpc) is 2.55. The van der Waals surface area contributed by atoms with E-state index in [0.29, 0.717) is 5.41 Å². The topological polar surface area (TPSA) is 32.3 Å². The first kappa shape index (κ1) is 16.1. The van der Waals surface area contributed by atoms with E-state index in [9.17, 15) is 4.79 Å². The first-order valence-electron chi connectivity index (χ1n) is 9.75. The molecule has 0 unspecified atom stereocenters. The van der Waals surface area contributed by atoms with Gasteiger partial charge in [-0.25, -0.2) is 0 Å². The molecule has 2 aliphatic carbocycles. The Kier molecular flexibility index (Phi) is 4.38. The van der Waals surface area contributed by atoms with Crippen molar-refractivity contribution >= 4 is 5.91 Å². The third kappa shape index (κ3) is 2.99. The first-order chi connectivity index (χ1) is 11.7. The van der Waals surface area contributed by atoms with E-state index in [0.717, 1.165) is 12.3 Å². The van der Waals surface area contributed by atoms with Crippen LogP contribution in [0, 0.1) is 5.92 Å². The zero-order chi connectivity index (χ0) is 16.6. The van der Waals surface area contributed by atoms with Gasteiger partial charge >= 0.3 is 0 Å². The predicted molar refractivity (Wildman–Crippen MR) is 99.0 cm³/mol. The third-order valence-electron chi connectivity index (χ3n) is 6.75. The molecule has 1 aromatic rings. The third-order valence-corrected chi connectivity index (χ3v) is 6.75. The summed E-state index contributed by atoms with van der Waals surface area (Å²) in [5, 5.41) is 3.16. The Balaban J connectivity index is 0.00000182. The van der Waals surface area contributed by atoms with E-state index in [1.54, 1.807) is 6.92 Å². The molecule has 3 heteroatoms. The maximum absolute atomic E-state index is 11.6. The number of piperidine rings is 1. The summed E-state index contributed by atoms with van der Waals surface area (Å²) >= 11 is 0. The van der Waals surface area contributed by atoms with Crippen LogP contribution in [0.5, 0.6) is 0 Å². The molecule has 1 N–H and O–H groups in total. The first-order valence-corrected chi connectivity index (χ1v) is 9.75. The highest BCUT2D eigenvalue weighted by atomic mass is 16.1. The van der Waals surface area contributed by atoms with Crippen molar-refractivity contribution in [3.05, 3.63) is 35.4 Å². The predicted octanol–water partition coefficient (Wildman–Crippen LogP) is 4.04. The Bertz CT molecular complexity index is 606. The lowest BCUT2D eigenvalue weighted by molar-refractivity contribution is -0.119. The number of hydrogen-bond acceptors (Lipinski definition) is 2. The molecule has 0 aromatic heterocycles. The van der Waals surface area contributed by atoms with Gasteiger partial charge in [-0.3, -0.25) is 4.79 Å². The van der Waals surface area contributed by atoms with E-state index in [1.807, 2.05) is 0 Å². The van der Waals surface area contributed by atoms with Gasteiger partial charge in [0.1, 0.15) is 0 Å². The van der Waals surface area contributed by atoms with Crippen LogP contribution in [-0.4, -0.2) is 30.4 Å². The molecule has 1 heterocycles. The Morgan fingerprint density at radius 2 is 1.96 bits per heavy atom. The van der Waals surface area contributed by atoms with Crippen LogP contribution in [0.1, 0.15) is 70.5 Å². The maximum atomic E-state index is 11.6. The minimum absolute atomic E-state index is 0. The Labute approximate surface area is 147 Å². The van der Waals surface area contributed by atoms with Crippen LogP contribution in [0.3, 0.4) is 0 Å². The summed E-state index contributed by atoms with van der Waals surface area (Å²) in [6, 6.07) is 9.07. The van der Waals surface area contributed by atoms with E-state index >= 15 is 0 Å². The lowest BCUT2D eigenvalue weighted by atomic mass is 9.63. The summed E-state index contributed by atoms with van der Waals surface area (Å²) < 4.78 is 0. The average molecular weight is 328 g/mol. The highest BCUT2D eigenvalue weighted by Gasteiger charge is 2.42. The lowest BCUT2D eigenvalue weighted by Gasteiger charge is -2.48. The molecule has 1 spiro atoms. The Hall–Kier alpha value is -1.35. The van der Waals surface area contributed by atoms with E-state index in [4.69, 9.17) is 0 Å². The second-order valence-corrected chi connectivity index (χ2v) is 8.26. The molecule has 1 saturated carbocycles. The van der Waals surface area contributed by atoms with Gasteiger partial charge in [-0.1, -0.05) is 30.7 Å². The fourth-order valence-corrected chi connectivity index (χ4v) is 5.11. The molecule has 2 fully saturated rings. The van der Waals surface area contributed by atoms with Crippen molar-refractivity contribution in [1.82, 2.24) is 10.2 Å². The molecule has 1 aromatic carbocycles. The van der Waals surface area contributed by atoms with Crippen molar-refractivity contribution in [2.75, 3.05) is 19.6 Å². The molecule has 1 aliphatic heterocycles. The van der Waals surface area contributed by atoms with E-state index in [2.05, 4.69) is 34.5 Å². The van der Waals surface area contributed by atoms with Gasteiger partial charge in [0.2, 0.25) is 5.91 Å². The van der Waals surface area contributed by atoms with E-state index in [-0.39, 0.29) is 13.4 Å². The molecule has 1 amide bonds. The fraction of sp³-hybridized carbons (Fsp3) is 0.667. The fourth-order valence-electron chi connectivity index (χ4n) is 5.11. The molecule has 3 aliphatic rings. The molecule has 4 rings (SSSR count). The molecule has 24 heavy (non-hydrogen) atoms. The van der Waals surface area contributed by atoms with Crippen molar-refractivity contribution < 1.29 is 6.22 Å². The number of rotatable bonds is 3. The van der Waals surface area contributed by atoms with Crippen molar-refractivity contribution in [2.45, 2.75) is 63.3 Å². The molecule has 0 radical (unpaired) electrons. The highest BCUT2D eigenvalue weighted by molar-refractivity contribution is 5.73. The van der Waals surface area contributed by atoms with Crippen molar-refractivity contribution in [1.29, 1.82) is 0 Å². The van der Waals surface area contributed by atoms with Crippen LogP contribution in [0.15, 0.2) is 24.3 Å². The molecule has 3 nitrogen and oxygen atoms in total. The van der Waals surface area contributed by atoms with Crippen LogP contribution >= 0.6 is 0 Å². The quantitative estimate of drug-likeness (QED) is 0.908. The van der Waals surface area contributed by atoms with Crippen molar-refractivity contribution in [2.24, 2.45) is 5.92 Å². The van der Waals surface area contributed by atoms with Crippen LogP contribution in [0.25, 0.3) is 0 Å². The van der Waals surface area contributed by atoms with Crippen molar-refractivity contribution in [3.63, 3.8) is 0 Å². The highest BCUT2D eigenvalue weighted by Crippen LogP contribution is 2.48. The smallest absolute Gasteiger partial charge is 0.217 e. The number of hydrogen-bond donors (Lipinski definition) is 1. The SMILES string of the molecule is CC(=O)N[C@H]1CCC2(CCN(CC3CCC3)CC2)c2ccccc21.[HH]. The van der Waals surface area contributed by atoms with Crippen LogP contribution in [0.4, 0.5) is 0 Å². The van der Waals surface area contributed by atoms with Crippen LogP contribution < -0.4 is 5.32 Å². The van der Waals surface area contributed by atoms with Gasteiger partial charge in [0.15, 0.2) is 0 Å². The minimum Gasteiger partial charge on any atom is -0.350 e. The number of amides is 1. The molecule has 0 bridgehead atoms. The molecule has 1 saturated heterocycles. The monoisotopic (exact) mass is 328 g/mol. The number of nitrogens with zero attached hydrogens (tertiary/aromatic N) is 1. The van der Waals surface area contributed by atoms with Crippen molar-refractivity contribution in [3.8, 4) is 0 Å². The van der Waals surface area contributed by atoms with Gasteiger partial charge in [0.05, 0.1) is 6.04 Å². The standard InChI is InChI=1S/C21H30N2O.H2/c1-16(24)22-20-9-10-21(19-8-3-2-7-18(19)20)11-13-23(14-12-21)15-17-5-4-6-17;/h2-3,7-8,17,20H,4-6,9-15H2,1H3,(H,22,24);1H/t20-;/m0./s1. The second-order valence-electron chi connectivity index (χ2n) is 8.26. The molecule has 1 atom stereocenters. The van der Waals surface area contributed by atoms with Gasteiger partial charge in [0, 0.05) is 14.9 Å². The number of likely N-dealkylation sites (tertiary alicyclic amines) is 1. The molecular weight excluding hydrogens is 296 g/mol. The zero-order valence-corrected chi connectivity index (χ0v) is 14.9. The zero-order valence-electron chi connectivity index (χ0n) is 14.9.